The molecule has 0 unspecified atom stereocenters. The number of halogens is 1. The monoisotopic (exact) mass is 435 g/mol. The number of nitrogens with zero attached hydrogens (tertiary/aromatic N) is 2. The lowest BCUT2D eigenvalue weighted by atomic mass is 10.1. The molecule has 0 atom stereocenters. The Morgan fingerprint density at radius 3 is 2.87 bits per heavy atom. The summed E-state index contributed by atoms with van der Waals surface area (Å²) in [5, 5.41) is 10.4. The fourth-order valence-electron chi connectivity index (χ4n) is 2.83. The molecule has 0 aliphatic carbocycles. The zero-order valence-electron chi connectivity index (χ0n) is 15.7. The maximum absolute atomic E-state index is 11.9. The number of carbonyl (C=O) groups excluding carboxylic acids is 1. The molecule has 148 valence electrons. The number of carbonyl (C=O) groups is 1. The third-order valence-electron chi connectivity index (χ3n) is 4.24. The number of thioether (sulfide) groups is 1. The zero-order valence-corrected chi connectivity index (χ0v) is 17.3. The largest absolute Gasteiger partial charge is 0.465 e. The van der Waals surface area contributed by atoms with Gasteiger partial charge in [-0.15, -0.1) is 0 Å². The zero-order chi connectivity index (χ0) is 21.1. The molecule has 4 aromatic rings. The number of ether oxygens (including phenoxy) is 1. The van der Waals surface area contributed by atoms with Crippen LogP contribution < -0.4 is 0 Å². The van der Waals surface area contributed by atoms with E-state index in [2.05, 4.69) is 16.0 Å². The number of benzene rings is 2. The second-order valence-electron chi connectivity index (χ2n) is 6.17. The van der Waals surface area contributed by atoms with Crippen molar-refractivity contribution in [1.82, 2.24) is 9.97 Å². The maximum Gasteiger partial charge on any atom is 0.339 e. The van der Waals surface area contributed by atoms with Crippen molar-refractivity contribution < 1.29 is 13.9 Å². The Bertz CT molecular complexity index is 1280. The summed E-state index contributed by atoms with van der Waals surface area (Å²) >= 11 is 7.29. The first kappa shape index (κ1) is 19.8. The van der Waals surface area contributed by atoms with Crippen molar-refractivity contribution in [2.45, 2.75) is 5.16 Å². The van der Waals surface area contributed by atoms with Gasteiger partial charge in [0, 0.05) is 11.6 Å². The molecule has 0 aliphatic heterocycles. The molecule has 2 aromatic heterocycles. The van der Waals surface area contributed by atoms with E-state index in [9.17, 15) is 10.1 Å². The molecule has 0 fully saturated rings. The standard InChI is InChI=1S/C22H14ClN3O3S/c1-28-21(27)16-10-13(6-8-17(16)23)20-9-7-14(29-20)11-15(12-24)30-22-25-18-4-2-3-5-19(18)26-22/h2-11H,1H3,(H,25,26)/b15-11+. The van der Waals surface area contributed by atoms with E-state index >= 15 is 0 Å². The number of H-pyrrole nitrogens is 1. The van der Waals surface area contributed by atoms with E-state index < -0.39 is 5.97 Å². The highest BCUT2D eigenvalue weighted by molar-refractivity contribution is 8.03. The minimum Gasteiger partial charge on any atom is -0.465 e. The molecule has 1 N–H and O–H groups in total. The molecule has 2 heterocycles. The highest BCUT2D eigenvalue weighted by atomic mass is 35.5. The van der Waals surface area contributed by atoms with Crippen LogP contribution in [-0.4, -0.2) is 23.0 Å². The number of nitriles is 1. The SMILES string of the molecule is COC(=O)c1cc(-c2ccc(/C=C(\C#N)Sc3nc4ccccc4[nH]3)o2)ccc1Cl. The van der Waals surface area contributed by atoms with Crippen LogP contribution in [-0.2, 0) is 4.74 Å². The molecule has 0 spiro atoms. The van der Waals surface area contributed by atoms with Crippen LogP contribution >= 0.6 is 23.4 Å². The van der Waals surface area contributed by atoms with E-state index in [4.69, 9.17) is 20.8 Å². The Morgan fingerprint density at radius 2 is 2.10 bits per heavy atom. The highest BCUT2D eigenvalue weighted by Gasteiger charge is 2.14. The van der Waals surface area contributed by atoms with Crippen LogP contribution in [0, 0.1) is 11.3 Å². The van der Waals surface area contributed by atoms with Crippen LogP contribution in [0.15, 0.2) is 69.1 Å². The third kappa shape index (κ3) is 4.10. The Labute approximate surface area is 181 Å². The number of hydrogen-bond acceptors (Lipinski definition) is 6. The van der Waals surface area contributed by atoms with Crippen molar-refractivity contribution >= 4 is 46.4 Å². The van der Waals surface area contributed by atoms with Gasteiger partial charge in [-0.2, -0.15) is 5.26 Å². The fourth-order valence-corrected chi connectivity index (χ4v) is 3.75. The van der Waals surface area contributed by atoms with Gasteiger partial charge < -0.3 is 14.1 Å². The minimum atomic E-state index is -0.525. The van der Waals surface area contributed by atoms with Gasteiger partial charge in [-0.25, -0.2) is 9.78 Å². The second-order valence-corrected chi connectivity index (χ2v) is 7.61. The van der Waals surface area contributed by atoms with Crippen molar-refractivity contribution in [3.05, 3.63) is 75.8 Å². The number of methoxy groups -OCH3 is 1. The van der Waals surface area contributed by atoms with Gasteiger partial charge in [0.2, 0.25) is 0 Å². The Hall–Kier alpha value is -3.47. The lowest BCUT2D eigenvalue weighted by Crippen LogP contribution is -2.02. The summed E-state index contributed by atoms with van der Waals surface area (Å²) in [7, 11) is 1.30. The van der Waals surface area contributed by atoms with Gasteiger partial charge in [-0.05, 0) is 54.2 Å². The molecule has 0 amide bonds. The normalized spacial score (nSPS) is 11.4. The molecule has 0 aliphatic rings. The fraction of sp³-hybridized carbons (Fsp3) is 0.0455. The minimum absolute atomic E-state index is 0.253. The van der Waals surface area contributed by atoms with Crippen LogP contribution in [0.2, 0.25) is 5.02 Å². The summed E-state index contributed by atoms with van der Waals surface area (Å²) in [6.07, 6.45) is 1.64. The van der Waals surface area contributed by atoms with Crippen molar-refractivity contribution in [3.8, 4) is 17.4 Å². The number of imidazole rings is 1. The molecule has 2 aromatic carbocycles. The van der Waals surface area contributed by atoms with Crippen molar-refractivity contribution in [2.24, 2.45) is 0 Å². The topological polar surface area (TPSA) is 91.9 Å². The van der Waals surface area contributed by atoms with E-state index in [1.165, 1.54) is 18.9 Å². The quantitative estimate of drug-likeness (QED) is 0.237. The first-order chi connectivity index (χ1) is 14.6. The van der Waals surface area contributed by atoms with Gasteiger partial charge in [0.15, 0.2) is 5.16 Å². The first-order valence-electron chi connectivity index (χ1n) is 8.80. The lowest BCUT2D eigenvalue weighted by molar-refractivity contribution is 0.0601. The predicted molar refractivity (Wildman–Crippen MR) is 116 cm³/mol. The number of para-hydroxylation sites is 2. The average Bonchev–Trinajstić information content (AvgIpc) is 3.39. The number of fused-ring (bicyclic) bond motifs is 1. The van der Waals surface area contributed by atoms with Gasteiger partial charge in [-0.1, -0.05) is 23.7 Å². The van der Waals surface area contributed by atoms with Crippen LogP contribution in [0.3, 0.4) is 0 Å². The predicted octanol–water partition coefficient (Wildman–Crippen LogP) is 5.92. The summed E-state index contributed by atoms with van der Waals surface area (Å²) < 4.78 is 10.6. The van der Waals surface area contributed by atoms with Crippen LogP contribution in [0.4, 0.5) is 0 Å². The van der Waals surface area contributed by atoms with E-state index in [0.717, 1.165) is 11.0 Å². The van der Waals surface area contributed by atoms with E-state index in [1.807, 2.05) is 24.3 Å². The summed E-state index contributed by atoms with van der Waals surface area (Å²) in [6, 6.07) is 18.3. The molecule has 6 nitrogen and oxygen atoms in total. The van der Waals surface area contributed by atoms with Gasteiger partial charge in [-0.3, -0.25) is 0 Å². The number of rotatable bonds is 5. The van der Waals surface area contributed by atoms with Crippen LogP contribution in [0.25, 0.3) is 28.4 Å². The molecule has 4 rings (SSSR count). The number of aromatic nitrogens is 2. The number of nitrogens with one attached hydrogen (secondary N) is 1. The molecular weight excluding hydrogens is 422 g/mol. The molecular formula is C22H14ClN3O3S. The first-order valence-corrected chi connectivity index (χ1v) is 9.99. The molecule has 0 radical (unpaired) electrons. The summed E-state index contributed by atoms with van der Waals surface area (Å²) in [5.74, 6) is 0.511. The molecule has 0 saturated heterocycles. The number of aromatic amines is 1. The van der Waals surface area contributed by atoms with Crippen molar-refractivity contribution in [1.29, 1.82) is 5.26 Å². The average molecular weight is 436 g/mol. The summed E-state index contributed by atoms with van der Waals surface area (Å²) in [4.78, 5) is 19.9. The van der Waals surface area contributed by atoms with Gasteiger partial charge in [0.25, 0.3) is 0 Å². The van der Waals surface area contributed by atoms with Crippen molar-refractivity contribution in [3.63, 3.8) is 0 Å². The molecule has 8 heteroatoms. The lowest BCUT2D eigenvalue weighted by Gasteiger charge is -2.04. The third-order valence-corrected chi connectivity index (χ3v) is 5.39. The smallest absolute Gasteiger partial charge is 0.339 e. The maximum atomic E-state index is 11.9. The Balaban J connectivity index is 1.59. The van der Waals surface area contributed by atoms with E-state index in [1.54, 1.807) is 36.4 Å². The molecule has 0 saturated carbocycles. The van der Waals surface area contributed by atoms with E-state index in [0.29, 0.717) is 32.2 Å². The van der Waals surface area contributed by atoms with Gasteiger partial charge >= 0.3 is 5.97 Å². The number of allylic oxidation sites excluding steroid dienone is 1. The van der Waals surface area contributed by atoms with Crippen molar-refractivity contribution in [2.75, 3.05) is 7.11 Å². The summed E-state index contributed by atoms with van der Waals surface area (Å²) in [6.45, 7) is 0. The molecule has 30 heavy (non-hydrogen) atoms. The van der Waals surface area contributed by atoms with Gasteiger partial charge in [0.1, 0.15) is 17.6 Å². The second kappa shape index (κ2) is 8.49. The number of hydrogen-bond donors (Lipinski definition) is 1. The van der Waals surface area contributed by atoms with Gasteiger partial charge in [0.05, 0.1) is 33.6 Å². The Kier molecular flexibility index (Phi) is 5.61. The molecule has 0 bridgehead atoms. The summed E-state index contributed by atoms with van der Waals surface area (Å²) in [5.41, 5.74) is 2.66. The van der Waals surface area contributed by atoms with Crippen LogP contribution in [0.5, 0.6) is 0 Å². The van der Waals surface area contributed by atoms with Crippen LogP contribution in [0.1, 0.15) is 16.1 Å². The highest BCUT2D eigenvalue weighted by Crippen LogP contribution is 2.31. The Morgan fingerprint density at radius 1 is 1.27 bits per heavy atom. The number of esters is 1. The number of furan rings is 1. The van der Waals surface area contributed by atoms with E-state index in [-0.39, 0.29) is 5.56 Å².